The van der Waals surface area contributed by atoms with Crippen molar-refractivity contribution in [3.05, 3.63) is 53.4 Å². The van der Waals surface area contributed by atoms with Gasteiger partial charge >= 0.3 is 12.1 Å². The molecule has 0 spiro atoms. The van der Waals surface area contributed by atoms with Gasteiger partial charge in [-0.15, -0.1) is 5.10 Å². The molecule has 1 atom stereocenters. The summed E-state index contributed by atoms with van der Waals surface area (Å²) in [6.07, 6.45) is -4.73. The Balaban J connectivity index is 1.69. The number of hydrogen-bond donors (Lipinski definition) is 1. The molecule has 2 aromatic heterocycles. The van der Waals surface area contributed by atoms with E-state index in [1.807, 2.05) is 0 Å². The molecule has 0 radical (unpaired) electrons. The SMILES string of the molecule is Cc1nnnn1C(C(=O)NCCc1noc(C(F)(F)F)n1)c1ccccc1. The summed E-state index contributed by atoms with van der Waals surface area (Å²) >= 11 is 0. The highest BCUT2D eigenvalue weighted by Gasteiger charge is 2.38. The monoisotopic (exact) mass is 381 g/mol. The molecular formula is C15H14F3N7O2. The molecule has 1 aromatic carbocycles. The van der Waals surface area contributed by atoms with E-state index in [0.717, 1.165) is 0 Å². The molecule has 2 heterocycles. The van der Waals surface area contributed by atoms with Gasteiger partial charge in [0.1, 0.15) is 5.82 Å². The lowest BCUT2D eigenvalue weighted by atomic mass is 10.1. The molecule has 1 amide bonds. The Morgan fingerprint density at radius 1 is 1.30 bits per heavy atom. The number of halogens is 3. The van der Waals surface area contributed by atoms with Gasteiger partial charge in [0, 0.05) is 13.0 Å². The Hall–Kier alpha value is -3.31. The summed E-state index contributed by atoms with van der Waals surface area (Å²) in [7, 11) is 0. The zero-order valence-electron chi connectivity index (χ0n) is 14.0. The number of nitrogens with zero attached hydrogens (tertiary/aromatic N) is 6. The van der Waals surface area contributed by atoms with E-state index in [9.17, 15) is 18.0 Å². The quantitative estimate of drug-likeness (QED) is 0.686. The zero-order chi connectivity index (χ0) is 19.4. The van der Waals surface area contributed by atoms with Gasteiger partial charge in [0.25, 0.3) is 0 Å². The minimum Gasteiger partial charge on any atom is -0.353 e. The summed E-state index contributed by atoms with van der Waals surface area (Å²) in [6, 6.07) is 8.03. The summed E-state index contributed by atoms with van der Waals surface area (Å²) in [4.78, 5) is 15.9. The standard InChI is InChI=1S/C15H14F3N7O2/c1-9-21-23-24-25(9)12(10-5-3-2-4-6-10)13(26)19-8-7-11-20-14(27-22-11)15(16,17)18/h2-6,12H,7-8H2,1H3,(H,19,26). The number of hydrogen-bond acceptors (Lipinski definition) is 7. The summed E-state index contributed by atoms with van der Waals surface area (Å²) in [6.45, 7) is 1.67. The van der Waals surface area contributed by atoms with Gasteiger partial charge in [-0.3, -0.25) is 4.79 Å². The molecule has 1 unspecified atom stereocenters. The minimum absolute atomic E-state index is 0.0141. The van der Waals surface area contributed by atoms with E-state index in [1.54, 1.807) is 37.3 Å². The highest BCUT2D eigenvalue weighted by Crippen LogP contribution is 2.27. The molecule has 3 aromatic rings. The third-order valence-electron chi connectivity index (χ3n) is 3.62. The van der Waals surface area contributed by atoms with Gasteiger partial charge in [-0.1, -0.05) is 35.5 Å². The first-order chi connectivity index (χ1) is 12.9. The second-order valence-electron chi connectivity index (χ2n) is 5.54. The molecule has 142 valence electrons. The third-order valence-corrected chi connectivity index (χ3v) is 3.62. The molecule has 0 aliphatic carbocycles. The normalized spacial score (nSPS) is 12.7. The van der Waals surface area contributed by atoms with Crippen molar-refractivity contribution in [1.82, 2.24) is 35.7 Å². The van der Waals surface area contributed by atoms with Crippen LogP contribution < -0.4 is 5.32 Å². The van der Waals surface area contributed by atoms with Crippen LogP contribution in [0.2, 0.25) is 0 Å². The van der Waals surface area contributed by atoms with Crippen LogP contribution in [-0.2, 0) is 17.4 Å². The molecule has 12 heteroatoms. The average Bonchev–Trinajstić information content (AvgIpc) is 3.26. The number of rotatable bonds is 6. The van der Waals surface area contributed by atoms with Gasteiger partial charge < -0.3 is 9.84 Å². The number of benzene rings is 1. The van der Waals surface area contributed by atoms with Crippen LogP contribution in [0.1, 0.15) is 29.1 Å². The Bertz CT molecular complexity index is 908. The van der Waals surface area contributed by atoms with Gasteiger partial charge in [-0.05, 0) is 22.9 Å². The van der Waals surface area contributed by atoms with E-state index in [4.69, 9.17) is 0 Å². The highest BCUT2D eigenvalue weighted by atomic mass is 19.4. The van der Waals surface area contributed by atoms with E-state index in [0.29, 0.717) is 11.4 Å². The number of alkyl halides is 3. The summed E-state index contributed by atoms with van der Waals surface area (Å²) in [5.74, 6) is -1.56. The fraction of sp³-hybridized carbons (Fsp3) is 0.333. The molecular weight excluding hydrogens is 367 g/mol. The van der Waals surface area contributed by atoms with Gasteiger partial charge in [0.05, 0.1) is 0 Å². The predicted octanol–water partition coefficient (Wildman–Crippen LogP) is 1.33. The molecule has 0 aliphatic heterocycles. The van der Waals surface area contributed by atoms with Crippen molar-refractivity contribution in [3.8, 4) is 0 Å². The van der Waals surface area contributed by atoms with Crippen molar-refractivity contribution in [2.75, 3.05) is 6.54 Å². The van der Waals surface area contributed by atoms with E-state index < -0.39 is 24.0 Å². The number of aromatic nitrogens is 6. The number of tetrazole rings is 1. The maximum atomic E-state index is 12.7. The highest BCUT2D eigenvalue weighted by molar-refractivity contribution is 5.83. The maximum absolute atomic E-state index is 12.7. The van der Waals surface area contributed by atoms with E-state index in [2.05, 4.69) is 35.5 Å². The lowest BCUT2D eigenvalue weighted by Crippen LogP contribution is -2.35. The summed E-state index contributed by atoms with van der Waals surface area (Å²) in [5.41, 5.74) is 0.657. The van der Waals surface area contributed by atoms with Crippen LogP contribution in [0.15, 0.2) is 34.9 Å². The van der Waals surface area contributed by atoms with Crippen molar-refractivity contribution in [2.24, 2.45) is 0 Å². The Kier molecular flexibility index (Phi) is 5.14. The lowest BCUT2D eigenvalue weighted by molar-refractivity contribution is -0.159. The first-order valence-corrected chi connectivity index (χ1v) is 7.83. The number of aryl methyl sites for hydroxylation is 1. The summed E-state index contributed by atoms with van der Waals surface area (Å²) in [5, 5.41) is 17.1. The second-order valence-corrected chi connectivity index (χ2v) is 5.54. The van der Waals surface area contributed by atoms with Crippen LogP contribution in [0, 0.1) is 6.92 Å². The van der Waals surface area contributed by atoms with E-state index >= 15 is 0 Å². The molecule has 9 nitrogen and oxygen atoms in total. The first-order valence-electron chi connectivity index (χ1n) is 7.83. The fourth-order valence-electron chi connectivity index (χ4n) is 2.38. The van der Waals surface area contributed by atoms with E-state index in [1.165, 1.54) is 4.68 Å². The van der Waals surface area contributed by atoms with Crippen molar-refractivity contribution < 1.29 is 22.5 Å². The van der Waals surface area contributed by atoms with Crippen molar-refractivity contribution in [3.63, 3.8) is 0 Å². The topological polar surface area (TPSA) is 112 Å². The fourth-order valence-corrected chi connectivity index (χ4v) is 2.38. The van der Waals surface area contributed by atoms with Crippen molar-refractivity contribution >= 4 is 5.91 Å². The Morgan fingerprint density at radius 2 is 2.04 bits per heavy atom. The number of amides is 1. The van der Waals surface area contributed by atoms with Crippen LogP contribution in [0.3, 0.4) is 0 Å². The van der Waals surface area contributed by atoms with E-state index in [-0.39, 0.29) is 18.8 Å². The van der Waals surface area contributed by atoms with Crippen LogP contribution >= 0.6 is 0 Å². The number of carbonyl (C=O) groups excluding carboxylic acids is 1. The largest absolute Gasteiger partial charge is 0.471 e. The molecule has 0 saturated carbocycles. The number of nitrogens with one attached hydrogen (secondary N) is 1. The van der Waals surface area contributed by atoms with Gasteiger partial charge in [0.15, 0.2) is 11.9 Å². The molecule has 0 aliphatic rings. The average molecular weight is 381 g/mol. The van der Waals surface area contributed by atoms with Gasteiger partial charge in [0.2, 0.25) is 5.91 Å². The molecule has 27 heavy (non-hydrogen) atoms. The zero-order valence-corrected chi connectivity index (χ0v) is 14.0. The van der Waals surface area contributed by atoms with Crippen LogP contribution in [-0.4, -0.2) is 42.8 Å². The number of carbonyl (C=O) groups is 1. The predicted molar refractivity (Wildman–Crippen MR) is 83.1 cm³/mol. The van der Waals surface area contributed by atoms with Gasteiger partial charge in [-0.25, -0.2) is 4.68 Å². The Morgan fingerprint density at radius 3 is 2.63 bits per heavy atom. The first kappa shape index (κ1) is 18.5. The Labute approximate surface area is 150 Å². The molecule has 0 fully saturated rings. The molecule has 0 saturated heterocycles. The van der Waals surface area contributed by atoms with Gasteiger partial charge in [-0.2, -0.15) is 18.2 Å². The van der Waals surface area contributed by atoms with Crippen molar-refractivity contribution in [2.45, 2.75) is 25.6 Å². The van der Waals surface area contributed by atoms with Crippen LogP contribution in [0.4, 0.5) is 13.2 Å². The second kappa shape index (κ2) is 7.51. The molecule has 1 N–H and O–H groups in total. The lowest BCUT2D eigenvalue weighted by Gasteiger charge is -2.17. The molecule has 0 bridgehead atoms. The van der Waals surface area contributed by atoms with Crippen LogP contribution in [0.25, 0.3) is 0 Å². The summed E-state index contributed by atoms with van der Waals surface area (Å²) < 4.78 is 42.9. The maximum Gasteiger partial charge on any atom is 0.471 e. The minimum atomic E-state index is -4.70. The third kappa shape index (κ3) is 4.27. The molecule has 3 rings (SSSR count). The smallest absolute Gasteiger partial charge is 0.353 e. The van der Waals surface area contributed by atoms with Crippen LogP contribution in [0.5, 0.6) is 0 Å². The van der Waals surface area contributed by atoms with Crippen molar-refractivity contribution in [1.29, 1.82) is 0 Å².